The van der Waals surface area contributed by atoms with Crippen LogP contribution < -0.4 is 10.6 Å². The van der Waals surface area contributed by atoms with E-state index >= 15 is 0 Å². The first-order valence-electron chi connectivity index (χ1n) is 5.90. The van der Waals surface area contributed by atoms with Gasteiger partial charge >= 0.3 is 0 Å². The lowest BCUT2D eigenvalue weighted by molar-refractivity contribution is -0.385. The highest BCUT2D eigenvalue weighted by atomic mass is 19.1. The summed E-state index contributed by atoms with van der Waals surface area (Å²) in [6.07, 6.45) is 1.05. The average Bonchev–Trinajstić information content (AvgIpc) is 2.46. The van der Waals surface area contributed by atoms with Gasteiger partial charge in [-0.1, -0.05) is 6.07 Å². The Morgan fingerprint density at radius 3 is 2.76 bits per heavy atom. The highest BCUT2D eigenvalue weighted by molar-refractivity contribution is 6.07. The molecular formula is C13H11FN4O3. The number of carbonyl (C=O) groups excluding carboxylic acids is 1. The first-order chi connectivity index (χ1) is 10.0. The van der Waals surface area contributed by atoms with E-state index in [1.54, 1.807) is 0 Å². The van der Waals surface area contributed by atoms with Crippen LogP contribution in [0, 0.1) is 15.9 Å². The number of amides is 1. The van der Waals surface area contributed by atoms with Gasteiger partial charge in [0.1, 0.15) is 17.8 Å². The lowest BCUT2D eigenvalue weighted by Gasteiger charge is -2.09. The van der Waals surface area contributed by atoms with Gasteiger partial charge in [0, 0.05) is 18.8 Å². The summed E-state index contributed by atoms with van der Waals surface area (Å²) in [5.41, 5.74) is -0.0667. The van der Waals surface area contributed by atoms with Crippen molar-refractivity contribution in [1.82, 2.24) is 4.98 Å². The summed E-state index contributed by atoms with van der Waals surface area (Å²) in [4.78, 5) is 26.0. The Balaban J connectivity index is 2.33. The average molecular weight is 290 g/mol. The zero-order chi connectivity index (χ0) is 15.4. The third-order valence-electron chi connectivity index (χ3n) is 2.65. The number of anilines is 2. The van der Waals surface area contributed by atoms with Crippen molar-refractivity contribution in [2.45, 2.75) is 0 Å². The molecule has 1 amide bonds. The lowest BCUT2D eigenvalue weighted by atomic mass is 10.2. The normalized spacial score (nSPS) is 10.0. The fraction of sp³-hybridized carbons (Fsp3) is 0.0769. The van der Waals surface area contributed by atoms with Crippen molar-refractivity contribution in [2.24, 2.45) is 0 Å². The number of nitro groups is 1. The van der Waals surface area contributed by atoms with E-state index in [0.29, 0.717) is 0 Å². The number of aromatic nitrogens is 1. The molecule has 0 atom stereocenters. The predicted octanol–water partition coefficient (Wildman–Crippen LogP) is 2.42. The fourth-order valence-corrected chi connectivity index (χ4v) is 1.69. The van der Waals surface area contributed by atoms with Crippen molar-refractivity contribution in [3.05, 3.63) is 58.0 Å². The number of hydrogen-bond donors (Lipinski definition) is 2. The maximum Gasteiger partial charge on any atom is 0.288 e. The van der Waals surface area contributed by atoms with E-state index in [-0.39, 0.29) is 22.8 Å². The minimum absolute atomic E-state index is 0.00374. The topological polar surface area (TPSA) is 97.2 Å². The number of benzene rings is 1. The zero-order valence-corrected chi connectivity index (χ0v) is 11.0. The van der Waals surface area contributed by atoms with Crippen molar-refractivity contribution >= 4 is 23.1 Å². The summed E-state index contributed by atoms with van der Waals surface area (Å²) in [6.45, 7) is 0. The van der Waals surface area contributed by atoms with Crippen LogP contribution in [0.3, 0.4) is 0 Å². The molecule has 2 rings (SSSR count). The van der Waals surface area contributed by atoms with E-state index in [0.717, 1.165) is 18.3 Å². The van der Waals surface area contributed by atoms with Crippen molar-refractivity contribution in [3.8, 4) is 0 Å². The molecule has 2 N–H and O–H groups in total. The highest BCUT2D eigenvalue weighted by Gasteiger charge is 2.17. The molecule has 1 aromatic carbocycles. The summed E-state index contributed by atoms with van der Waals surface area (Å²) < 4.78 is 13.1. The van der Waals surface area contributed by atoms with Crippen LogP contribution in [0.15, 0.2) is 36.5 Å². The second-order valence-corrected chi connectivity index (χ2v) is 4.06. The van der Waals surface area contributed by atoms with Crippen molar-refractivity contribution < 1.29 is 14.1 Å². The van der Waals surface area contributed by atoms with Gasteiger partial charge in [0.25, 0.3) is 11.6 Å². The number of carbonyl (C=O) groups is 1. The highest BCUT2D eigenvalue weighted by Crippen LogP contribution is 2.20. The Kier molecular flexibility index (Phi) is 4.07. The van der Waals surface area contributed by atoms with Gasteiger partial charge in [-0.05, 0) is 18.2 Å². The molecule has 0 fully saturated rings. The third kappa shape index (κ3) is 3.30. The maximum atomic E-state index is 13.1. The number of nitrogens with one attached hydrogen (secondary N) is 2. The maximum absolute atomic E-state index is 13.1. The van der Waals surface area contributed by atoms with Gasteiger partial charge in [0.05, 0.1) is 10.5 Å². The summed E-state index contributed by atoms with van der Waals surface area (Å²) in [7, 11) is 1.53. The molecule has 8 heteroatoms. The van der Waals surface area contributed by atoms with Gasteiger partial charge in [-0.3, -0.25) is 14.9 Å². The van der Waals surface area contributed by atoms with Crippen molar-refractivity contribution in [2.75, 3.05) is 17.7 Å². The van der Waals surface area contributed by atoms with Crippen LogP contribution in [-0.2, 0) is 0 Å². The Hall–Kier alpha value is -3.03. The number of pyridine rings is 1. The van der Waals surface area contributed by atoms with E-state index in [9.17, 15) is 19.3 Å². The van der Waals surface area contributed by atoms with Crippen LogP contribution in [0.25, 0.3) is 0 Å². The molecule has 2 aromatic rings. The van der Waals surface area contributed by atoms with Gasteiger partial charge in [-0.25, -0.2) is 9.37 Å². The Labute approximate surface area is 119 Å². The molecule has 0 bridgehead atoms. The van der Waals surface area contributed by atoms with Crippen LogP contribution in [0.5, 0.6) is 0 Å². The Morgan fingerprint density at radius 1 is 1.38 bits per heavy atom. The molecule has 1 aromatic heterocycles. The molecule has 0 aliphatic carbocycles. The smallest absolute Gasteiger partial charge is 0.288 e. The molecule has 0 spiro atoms. The molecule has 0 unspecified atom stereocenters. The third-order valence-corrected chi connectivity index (χ3v) is 2.65. The molecule has 0 radical (unpaired) electrons. The van der Waals surface area contributed by atoms with E-state index in [4.69, 9.17) is 0 Å². The minimum Gasteiger partial charge on any atom is -0.372 e. The molecule has 21 heavy (non-hydrogen) atoms. The predicted molar refractivity (Wildman–Crippen MR) is 74.8 cm³/mol. The standard InChI is InChI=1S/C13H11FN4O3/c1-15-12-11(6-10(7-16-12)18(20)21)13(19)17-9-4-2-3-8(14)5-9/h2-7H,1H3,(H,15,16)(H,17,19). The van der Waals surface area contributed by atoms with Gasteiger partial charge in [0.15, 0.2) is 0 Å². The largest absolute Gasteiger partial charge is 0.372 e. The second-order valence-electron chi connectivity index (χ2n) is 4.06. The summed E-state index contributed by atoms with van der Waals surface area (Å²) in [6, 6.07) is 6.43. The molecule has 108 valence electrons. The van der Waals surface area contributed by atoms with Gasteiger partial charge in [0.2, 0.25) is 0 Å². The molecule has 0 saturated heterocycles. The van der Waals surface area contributed by atoms with E-state index < -0.39 is 16.6 Å². The first-order valence-corrected chi connectivity index (χ1v) is 5.90. The molecule has 1 heterocycles. The van der Waals surface area contributed by atoms with E-state index in [1.807, 2.05) is 0 Å². The van der Waals surface area contributed by atoms with Crippen LogP contribution >= 0.6 is 0 Å². The molecular weight excluding hydrogens is 279 g/mol. The molecule has 0 saturated carbocycles. The summed E-state index contributed by atoms with van der Waals surface area (Å²) in [5, 5.41) is 15.9. The first kappa shape index (κ1) is 14.4. The lowest BCUT2D eigenvalue weighted by Crippen LogP contribution is -2.15. The minimum atomic E-state index is -0.647. The van der Waals surface area contributed by atoms with Gasteiger partial charge in [-0.15, -0.1) is 0 Å². The zero-order valence-electron chi connectivity index (χ0n) is 11.0. The fourth-order valence-electron chi connectivity index (χ4n) is 1.69. The molecule has 7 nitrogen and oxygen atoms in total. The van der Waals surface area contributed by atoms with Crippen LogP contribution in [0.2, 0.25) is 0 Å². The van der Waals surface area contributed by atoms with Crippen LogP contribution in [0.4, 0.5) is 21.6 Å². The number of halogens is 1. The summed E-state index contributed by atoms with van der Waals surface area (Å²) >= 11 is 0. The molecule has 0 aliphatic heterocycles. The molecule has 0 aliphatic rings. The van der Waals surface area contributed by atoms with Crippen LogP contribution in [0.1, 0.15) is 10.4 Å². The summed E-state index contributed by atoms with van der Waals surface area (Å²) in [5.74, 6) is -0.936. The van der Waals surface area contributed by atoms with E-state index in [2.05, 4.69) is 15.6 Å². The number of nitrogens with zero attached hydrogens (tertiary/aromatic N) is 2. The van der Waals surface area contributed by atoms with Crippen LogP contribution in [-0.4, -0.2) is 22.9 Å². The Morgan fingerprint density at radius 2 is 2.14 bits per heavy atom. The number of hydrogen-bond acceptors (Lipinski definition) is 5. The second kappa shape index (κ2) is 5.95. The van der Waals surface area contributed by atoms with Gasteiger partial charge in [-0.2, -0.15) is 0 Å². The number of rotatable bonds is 4. The van der Waals surface area contributed by atoms with Crippen molar-refractivity contribution in [1.29, 1.82) is 0 Å². The van der Waals surface area contributed by atoms with E-state index in [1.165, 1.54) is 25.2 Å². The van der Waals surface area contributed by atoms with Crippen molar-refractivity contribution in [3.63, 3.8) is 0 Å². The van der Waals surface area contributed by atoms with Gasteiger partial charge < -0.3 is 10.6 Å². The Bertz CT molecular complexity index is 706. The monoisotopic (exact) mass is 290 g/mol. The SMILES string of the molecule is CNc1ncc([N+](=O)[O-])cc1C(=O)Nc1cccc(F)c1. The quantitative estimate of drug-likeness (QED) is 0.665.